The molecule has 0 fully saturated rings. The van der Waals surface area contributed by atoms with Crippen LogP contribution in [0.4, 0.5) is 0 Å². The Bertz CT molecular complexity index is 410. The highest BCUT2D eigenvalue weighted by Gasteiger charge is 2.17. The van der Waals surface area contributed by atoms with Gasteiger partial charge in [-0.3, -0.25) is 0 Å². The lowest BCUT2D eigenvalue weighted by atomic mass is 10.1. The van der Waals surface area contributed by atoms with Crippen LogP contribution in [-0.2, 0) is 6.42 Å². The summed E-state index contributed by atoms with van der Waals surface area (Å²) < 4.78 is 6.32. The quantitative estimate of drug-likeness (QED) is 0.629. The Hall–Kier alpha value is -1.08. The van der Waals surface area contributed by atoms with E-state index < -0.39 is 5.60 Å². The van der Waals surface area contributed by atoms with Gasteiger partial charge in [-0.1, -0.05) is 12.8 Å². The van der Waals surface area contributed by atoms with Crippen LogP contribution in [0.3, 0.4) is 0 Å². The zero-order valence-electron chi connectivity index (χ0n) is 9.75. The third kappa shape index (κ3) is 3.82. The summed E-state index contributed by atoms with van der Waals surface area (Å²) in [4.78, 5) is 8.55. The molecule has 1 aromatic rings. The number of halogens is 1. The molecule has 0 bridgehead atoms. The third-order valence-electron chi connectivity index (χ3n) is 1.90. The van der Waals surface area contributed by atoms with Gasteiger partial charge in [0.05, 0.1) is 0 Å². The summed E-state index contributed by atoms with van der Waals surface area (Å²) in [6, 6.07) is 1.72. The van der Waals surface area contributed by atoms with Crippen molar-refractivity contribution in [2.45, 2.75) is 39.2 Å². The van der Waals surface area contributed by atoms with Crippen molar-refractivity contribution in [1.29, 1.82) is 0 Å². The molecule has 0 aliphatic heterocycles. The standard InChI is InChI=1S/C12H15BrN2O/c1-5-7-10-14-9(13)8-11(15-10)16-12(3,4)6-2/h2,8H,5,7H2,1,3-4H3. The lowest BCUT2D eigenvalue weighted by Crippen LogP contribution is -2.26. The second kappa shape index (κ2) is 5.31. The molecule has 0 saturated carbocycles. The molecule has 0 aliphatic rings. The number of terminal acetylenes is 1. The van der Waals surface area contributed by atoms with E-state index in [1.54, 1.807) is 6.07 Å². The second-order valence-electron chi connectivity index (χ2n) is 3.95. The van der Waals surface area contributed by atoms with Crippen molar-refractivity contribution in [3.63, 3.8) is 0 Å². The van der Waals surface area contributed by atoms with E-state index in [0.717, 1.165) is 18.7 Å². The highest BCUT2D eigenvalue weighted by atomic mass is 79.9. The summed E-state index contributed by atoms with van der Waals surface area (Å²) in [5, 5.41) is 0. The Morgan fingerprint density at radius 3 is 2.75 bits per heavy atom. The molecular weight excluding hydrogens is 268 g/mol. The molecule has 0 aliphatic carbocycles. The van der Waals surface area contributed by atoms with Crippen molar-refractivity contribution in [3.05, 3.63) is 16.5 Å². The topological polar surface area (TPSA) is 35.0 Å². The van der Waals surface area contributed by atoms with Crippen molar-refractivity contribution in [2.75, 3.05) is 0 Å². The molecule has 1 rings (SSSR count). The van der Waals surface area contributed by atoms with Crippen LogP contribution in [0.25, 0.3) is 0 Å². The van der Waals surface area contributed by atoms with Gasteiger partial charge in [-0.15, -0.1) is 6.42 Å². The van der Waals surface area contributed by atoms with E-state index >= 15 is 0 Å². The van der Waals surface area contributed by atoms with Crippen molar-refractivity contribution in [2.24, 2.45) is 0 Å². The summed E-state index contributed by atoms with van der Waals surface area (Å²) >= 11 is 3.33. The number of nitrogens with zero attached hydrogens (tertiary/aromatic N) is 2. The summed E-state index contributed by atoms with van der Waals surface area (Å²) in [6.45, 7) is 5.72. The largest absolute Gasteiger partial charge is 0.458 e. The SMILES string of the molecule is C#CC(C)(C)Oc1cc(Br)nc(CCC)n1. The predicted molar refractivity (Wildman–Crippen MR) is 67.3 cm³/mol. The first-order valence-electron chi connectivity index (χ1n) is 5.17. The van der Waals surface area contributed by atoms with E-state index in [1.807, 2.05) is 13.8 Å². The minimum absolute atomic E-state index is 0.508. The van der Waals surface area contributed by atoms with E-state index in [9.17, 15) is 0 Å². The van der Waals surface area contributed by atoms with Crippen LogP contribution in [0.5, 0.6) is 5.88 Å². The molecule has 0 amide bonds. The molecular formula is C12H15BrN2O. The normalized spacial score (nSPS) is 10.9. The maximum Gasteiger partial charge on any atom is 0.219 e. The van der Waals surface area contributed by atoms with Gasteiger partial charge in [0, 0.05) is 12.5 Å². The van der Waals surface area contributed by atoms with Crippen molar-refractivity contribution < 1.29 is 4.74 Å². The zero-order valence-corrected chi connectivity index (χ0v) is 11.3. The molecule has 4 heteroatoms. The van der Waals surface area contributed by atoms with Crippen LogP contribution in [0.1, 0.15) is 33.0 Å². The molecule has 3 nitrogen and oxygen atoms in total. The summed E-state index contributed by atoms with van der Waals surface area (Å²) in [7, 11) is 0. The van der Waals surface area contributed by atoms with Crippen molar-refractivity contribution >= 4 is 15.9 Å². The number of ether oxygens (including phenoxy) is 1. The zero-order chi connectivity index (χ0) is 12.2. The third-order valence-corrected chi connectivity index (χ3v) is 2.30. The van der Waals surface area contributed by atoms with Gasteiger partial charge in [0.1, 0.15) is 10.4 Å². The number of rotatable bonds is 4. The Balaban J connectivity index is 2.93. The molecule has 0 saturated heterocycles. The van der Waals surface area contributed by atoms with Gasteiger partial charge in [-0.25, -0.2) is 4.98 Å². The van der Waals surface area contributed by atoms with Gasteiger partial charge in [0.2, 0.25) is 5.88 Å². The van der Waals surface area contributed by atoms with Crippen LogP contribution in [0, 0.1) is 12.3 Å². The maximum absolute atomic E-state index is 5.60. The average molecular weight is 283 g/mol. The molecule has 1 aromatic heterocycles. The molecule has 0 N–H and O–H groups in total. The van der Waals surface area contributed by atoms with Gasteiger partial charge < -0.3 is 4.74 Å². The fourth-order valence-electron chi connectivity index (χ4n) is 1.12. The fourth-order valence-corrected chi connectivity index (χ4v) is 1.52. The monoisotopic (exact) mass is 282 g/mol. The number of aryl methyl sites for hydroxylation is 1. The highest BCUT2D eigenvalue weighted by molar-refractivity contribution is 9.10. The van der Waals surface area contributed by atoms with Gasteiger partial charge in [-0.2, -0.15) is 4.98 Å². The van der Waals surface area contributed by atoms with Crippen molar-refractivity contribution in [3.8, 4) is 18.2 Å². The first-order chi connectivity index (χ1) is 7.46. The first kappa shape index (κ1) is 13.0. The lowest BCUT2D eigenvalue weighted by Gasteiger charge is -2.19. The van der Waals surface area contributed by atoms with Crippen LogP contribution in [0.2, 0.25) is 0 Å². The van der Waals surface area contributed by atoms with Gasteiger partial charge in [0.25, 0.3) is 0 Å². The van der Waals surface area contributed by atoms with Gasteiger partial charge in [-0.05, 0) is 36.2 Å². The van der Waals surface area contributed by atoms with Crippen LogP contribution >= 0.6 is 15.9 Å². The number of aromatic nitrogens is 2. The summed E-state index contributed by atoms with van der Waals surface area (Å²) in [5.74, 6) is 3.83. The van der Waals surface area contributed by atoms with Crippen molar-refractivity contribution in [1.82, 2.24) is 9.97 Å². The molecule has 0 spiro atoms. The maximum atomic E-state index is 5.60. The lowest BCUT2D eigenvalue weighted by molar-refractivity contribution is 0.163. The molecule has 0 aromatic carbocycles. The van der Waals surface area contributed by atoms with Crippen LogP contribution in [0.15, 0.2) is 10.7 Å². The van der Waals surface area contributed by atoms with E-state index in [0.29, 0.717) is 10.5 Å². The Labute approximate surface area is 105 Å². The summed E-state index contributed by atoms with van der Waals surface area (Å²) in [6.07, 6.45) is 7.18. The molecule has 86 valence electrons. The molecule has 0 atom stereocenters. The molecule has 1 heterocycles. The van der Waals surface area contributed by atoms with Gasteiger partial charge >= 0.3 is 0 Å². The Morgan fingerprint density at radius 2 is 2.19 bits per heavy atom. The van der Waals surface area contributed by atoms with E-state index in [2.05, 4.69) is 38.7 Å². The molecule has 0 unspecified atom stereocenters. The van der Waals surface area contributed by atoms with Gasteiger partial charge in [0.15, 0.2) is 5.60 Å². The predicted octanol–water partition coefficient (Wildman–Crippen LogP) is 2.98. The van der Waals surface area contributed by atoms with Crippen LogP contribution in [-0.4, -0.2) is 15.6 Å². The van der Waals surface area contributed by atoms with Crippen LogP contribution < -0.4 is 4.74 Å². The van der Waals surface area contributed by atoms with E-state index in [4.69, 9.17) is 11.2 Å². The summed E-state index contributed by atoms with van der Waals surface area (Å²) in [5.41, 5.74) is -0.655. The highest BCUT2D eigenvalue weighted by Crippen LogP contribution is 2.19. The Morgan fingerprint density at radius 1 is 1.50 bits per heavy atom. The number of hydrogen-bond acceptors (Lipinski definition) is 3. The molecule has 16 heavy (non-hydrogen) atoms. The smallest absolute Gasteiger partial charge is 0.219 e. The van der Waals surface area contributed by atoms with E-state index in [-0.39, 0.29) is 0 Å². The fraction of sp³-hybridized carbons (Fsp3) is 0.500. The average Bonchev–Trinajstić information content (AvgIpc) is 2.16. The molecule has 0 radical (unpaired) electrons. The first-order valence-corrected chi connectivity index (χ1v) is 5.96. The van der Waals surface area contributed by atoms with E-state index in [1.165, 1.54) is 0 Å². The minimum Gasteiger partial charge on any atom is -0.458 e. The minimum atomic E-state index is -0.655. The Kier molecular flexibility index (Phi) is 4.31. The number of hydrogen-bond donors (Lipinski definition) is 0. The second-order valence-corrected chi connectivity index (χ2v) is 4.76.